The smallest absolute Gasteiger partial charge is 0.220 e. The largest absolute Gasteiger partial charge is 0.497 e. The molecule has 1 atom stereocenters. The molecule has 1 aromatic rings. The lowest BCUT2D eigenvalue weighted by molar-refractivity contribution is -0.123. The summed E-state index contributed by atoms with van der Waals surface area (Å²) in [6.45, 7) is 3.31. The topological polar surface area (TPSA) is 88.0 Å². The summed E-state index contributed by atoms with van der Waals surface area (Å²) in [6.07, 6.45) is -0.403. The van der Waals surface area contributed by atoms with Gasteiger partial charge in [-0.3, -0.25) is 4.79 Å². The minimum Gasteiger partial charge on any atom is -0.497 e. The van der Waals surface area contributed by atoms with Crippen LogP contribution in [0.25, 0.3) is 0 Å². The number of hydrogen-bond donors (Lipinski definition) is 3. The molecule has 6 nitrogen and oxygen atoms in total. The summed E-state index contributed by atoms with van der Waals surface area (Å²) < 4.78 is 10.3. The number of amides is 1. The highest BCUT2D eigenvalue weighted by Gasteiger charge is 2.21. The Morgan fingerprint density at radius 3 is 2.55 bits per heavy atom. The maximum absolute atomic E-state index is 11.8. The Morgan fingerprint density at radius 1 is 1.32 bits per heavy atom. The number of benzene rings is 1. The molecule has 0 aromatic heterocycles. The fourth-order valence-corrected chi connectivity index (χ4v) is 2.00. The van der Waals surface area contributed by atoms with Gasteiger partial charge in [-0.2, -0.15) is 0 Å². The molecule has 0 fully saturated rings. The van der Waals surface area contributed by atoms with E-state index in [1.54, 1.807) is 39.2 Å². The molecule has 0 saturated heterocycles. The van der Waals surface area contributed by atoms with Gasteiger partial charge in [-0.25, -0.2) is 0 Å². The quantitative estimate of drug-likeness (QED) is 0.675. The van der Waals surface area contributed by atoms with Gasteiger partial charge in [0.15, 0.2) is 0 Å². The van der Waals surface area contributed by atoms with Gasteiger partial charge in [0.2, 0.25) is 5.91 Å². The molecule has 22 heavy (non-hydrogen) atoms. The van der Waals surface area contributed by atoms with E-state index in [9.17, 15) is 9.90 Å². The van der Waals surface area contributed by atoms with Crippen LogP contribution in [0.15, 0.2) is 18.2 Å². The van der Waals surface area contributed by atoms with Crippen molar-refractivity contribution in [3.05, 3.63) is 23.8 Å². The molecule has 124 valence electrons. The van der Waals surface area contributed by atoms with E-state index in [-0.39, 0.29) is 25.4 Å². The van der Waals surface area contributed by atoms with E-state index in [0.29, 0.717) is 17.1 Å². The highest BCUT2D eigenvalue weighted by atomic mass is 16.5. The van der Waals surface area contributed by atoms with E-state index >= 15 is 0 Å². The molecule has 1 amide bonds. The van der Waals surface area contributed by atoms with Gasteiger partial charge in [-0.15, -0.1) is 0 Å². The Labute approximate surface area is 131 Å². The van der Waals surface area contributed by atoms with Gasteiger partial charge in [-0.1, -0.05) is 0 Å². The first-order valence-corrected chi connectivity index (χ1v) is 7.15. The maximum atomic E-state index is 11.8. The van der Waals surface area contributed by atoms with Gasteiger partial charge in [-0.05, 0) is 32.4 Å². The number of aliphatic hydroxyl groups excluding tert-OH is 2. The van der Waals surface area contributed by atoms with Crippen LogP contribution in [0.3, 0.4) is 0 Å². The number of carbonyl (C=O) groups excluding carboxylic acids is 1. The maximum Gasteiger partial charge on any atom is 0.220 e. The summed E-state index contributed by atoms with van der Waals surface area (Å²) in [7, 11) is 3.07. The fourth-order valence-electron chi connectivity index (χ4n) is 2.00. The van der Waals surface area contributed by atoms with Gasteiger partial charge < -0.3 is 25.0 Å². The number of aliphatic hydroxyl groups is 2. The fraction of sp³-hybridized carbons (Fsp3) is 0.562. The molecule has 0 radical (unpaired) electrons. The normalized spacial score (nSPS) is 12.6. The number of nitrogens with one attached hydrogen (secondary N) is 1. The van der Waals surface area contributed by atoms with Crippen LogP contribution in [0.4, 0.5) is 0 Å². The molecule has 1 unspecified atom stereocenters. The van der Waals surface area contributed by atoms with E-state index in [4.69, 9.17) is 14.6 Å². The third kappa shape index (κ3) is 5.20. The first-order chi connectivity index (χ1) is 10.3. The lowest BCUT2D eigenvalue weighted by atomic mass is 10.0. The Bertz CT molecular complexity index is 501. The minimum atomic E-state index is -0.816. The van der Waals surface area contributed by atoms with Crippen molar-refractivity contribution in [2.75, 3.05) is 20.8 Å². The van der Waals surface area contributed by atoms with Crippen molar-refractivity contribution in [1.29, 1.82) is 0 Å². The zero-order chi connectivity index (χ0) is 16.8. The van der Waals surface area contributed by atoms with Crippen molar-refractivity contribution in [3.63, 3.8) is 0 Å². The molecule has 0 aliphatic heterocycles. The van der Waals surface area contributed by atoms with Crippen molar-refractivity contribution < 1.29 is 24.5 Å². The number of ether oxygens (including phenoxy) is 2. The standard InChI is InChI=1S/C16H25NO5/c1-16(2,10-18)17-15(20)8-7-13(19)12-6-5-11(21-3)9-14(12)22-4/h5-6,9,13,18-19H,7-8,10H2,1-4H3,(H,17,20). The Morgan fingerprint density at radius 2 is 2.00 bits per heavy atom. The van der Waals surface area contributed by atoms with Crippen LogP contribution < -0.4 is 14.8 Å². The Hall–Kier alpha value is -1.79. The second kappa shape index (κ2) is 8.00. The SMILES string of the molecule is COc1ccc(C(O)CCC(=O)NC(C)(C)CO)c(OC)c1. The van der Waals surface area contributed by atoms with Crippen molar-refractivity contribution in [3.8, 4) is 11.5 Å². The molecule has 0 spiro atoms. The highest BCUT2D eigenvalue weighted by Crippen LogP contribution is 2.31. The average molecular weight is 311 g/mol. The second-order valence-electron chi connectivity index (χ2n) is 5.75. The van der Waals surface area contributed by atoms with Gasteiger partial charge in [0.25, 0.3) is 0 Å². The van der Waals surface area contributed by atoms with Gasteiger partial charge in [0.1, 0.15) is 11.5 Å². The molecule has 0 aliphatic carbocycles. The Kier molecular flexibility index (Phi) is 6.64. The third-order valence-corrected chi connectivity index (χ3v) is 3.32. The van der Waals surface area contributed by atoms with Crippen molar-refractivity contribution >= 4 is 5.91 Å². The molecule has 1 aromatic carbocycles. The first kappa shape index (κ1) is 18.3. The van der Waals surface area contributed by atoms with Gasteiger partial charge in [0, 0.05) is 18.1 Å². The number of methoxy groups -OCH3 is 2. The van der Waals surface area contributed by atoms with Crippen molar-refractivity contribution in [2.24, 2.45) is 0 Å². The summed E-state index contributed by atoms with van der Waals surface area (Å²) in [4.78, 5) is 11.8. The minimum absolute atomic E-state index is 0.145. The molecule has 0 saturated carbocycles. The molecular formula is C16H25NO5. The number of rotatable bonds is 8. The zero-order valence-electron chi connectivity index (χ0n) is 13.5. The van der Waals surface area contributed by atoms with Crippen LogP contribution >= 0.6 is 0 Å². The van der Waals surface area contributed by atoms with Gasteiger partial charge in [0.05, 0.1) is 32.5 Å². The number of hydrogen-bond acceptors (Lipinski definition) is 5. The van der Waals surface area contributed by atoms with E-state index in [1.807, 2.05) is 0 Å². The second-order valence-corrected chi connectivity index (χ2v) is 5.75. The summed E-state index contributed by atoms with van der Waals surface area (Å²) >= 11 is 0. The van der Waals surface area contributed by atoms with Crippen molar-refractivity contribution in [2.45, 2.75) is 38.3 Å². The van der Waals surface area contributed by atoms with Crippen LogP contribution in [0.2, 0.25) is 0 Å². The molecule has 0 heterocycles. The van der Waals surface area contributed by atoms with Gasteiger partial charge >= 0.3 is 0 Å². The van der Waals surface area contributed by atoms with Crippen LogP contribution in [-0.2, 0) is 4.79 Å². The lowest BCUT2D eigenvalue weighted by Crippen LogP contribution is -2.46. The predicted octanol–water partition coefficient (Wildman–Crippen LogP) is 1.40. The van der Waals surface area contributed by atoms with Crippen molar-refractivity contribution in [1.82, 2.24) is 5.32 Å². The molecule has 1 rings (SSSR count). The summed E-state index contributed by atoms with van der Waals surface area (Å²) in [5.41, 5.74) is -0.0580. The predicted molar refractivity (Wildman–Crippen MR) is 83.0 cm³/mol. The van der Waals surface area contributed by atoms with Crippen LogP contribution in [0, 0.1) is 0 Å². The molecular weight excluding hydrogens is 286 g/mol. The van der Waals surface area contributed by atoms with Crippen LogP contribution in [-0.4, -0.2) is 42.5 Å². The van der Waals surface area contributed by atoms with E-state index in [2.05, 4.69) is 5.32 Å². The van der Waals surface area contributed by atoms with E-state index < -0.39 is 11.6 Å². The van der Waals surface area contributed by atoms with E-state index in [0.717, 1.165) is 0 Å². The zero-order valence-corrected chi connectivity index (χ0v) is 13.5. The van der Waals surface area contributed by atoms with E-state index in [1.165, 1.54) is 7.11 Å². The monoisotopic (exact) mass is 311 g/mol. The molecule has 6 heteroatoms. The number of carbonyl (C=O) groups is 1. The first-order valence-electron chi connectivity index (χ1n) is 7.15. The summed E-state index contributed by atoms with van der Waals surface area (Å²) in [5, 5.41) is 22.1. The highest BCUT2D eigenvalue weighted by molar-refractivity contribution is 5.76. The molecule has 0 aliphatic rings. The van der Waals surface area contributed by atoms with Crippen LogP contribution in [0.1, 0.15) is 38.4 Å². The summed E-state index contributed by atoms with van der Waals surface area (Å²) in [6, 6.07) is 5.14. The average Bonchev–Trinajstić information content (AvgIpc) is 2.51. The summed E-state index contributed by atoms with van der Waals surface area (Å²) in [5.74, 6) is 0.934. The lowest BCUT2D eigenvalue weighted by Gasteiger charge is -2.24. The molecule has 3 N–H and O–H groups in total. The van der Waals surface area contributed by atoms with Crippen LogP contribution in [0.5, 0.6) is 11.5 Å². The molecule has 0 bridgehead atoms. The third-order valence-electron chi connectivity index (χ3n) is 3.32. The Balaban J connectivity index is 2.66.